The number of halogens is 3. The highest BCUT2D eigenvalue weighted by atomic mass is 19.4. The fourth-order valence-electron chi connectivity index (χ4n) is 2.58. The third-order valence-corrected chi connectivity index (χ3v) is 3.97. The molecule has 1 aromatic rings. The zero-order chi connectivity index (χ0) is 17.0. The van der Waals surface area contributed by atoms with Crippen LogP contribution in [0.1, 0.15) is 29.9 Å². The Labute approximate surface area is 133 Å². The van der Waals surface area contributed by atoms with E-state index in [2.05, 4.69) is 5.32 Å². The number of likely N-dealkylation sites (N-methyl/N-ethyl adjacent to an activating group) is 1. The molecule has 1 aromatic carbocycles. The lowest BCUT2D eigenvalue weighted by molar-refractivity contribution is -0.137. The van der Waals surface area contributed by atoms with Gasteiger partial charge in [0.05, 0.1) is 5.56 Å². The van der Waals surface area contributed by atoms with Crippen LogP contribution in [-0.2, 0) is 11.0 Å². The first-order valence-corrected chi connectivity index (χ1v) is 7.54. The van der Waals surface area contributed by atoms with Crippen molar-refractivity contribution in [3.05, 3.63) is 29.3 Å². The van der Waals surface area contributed by atoms with E-state index in [-0.39, 0.29) is 18.4 Å². The summed E-state index contributed by atoms with van der Waals surface area (Å²) in [5.74, 6) is 0.129. The molecule has 1 fully saturated rings. The lowest BCUT2D eigenvalue weighted by Crippen LogP contribution is -2.29. The molecular weight excluding hydrogens is 309 g/mol. The van der Waals surface area contributed by atoms with E-state index in [1.54, 1.807) is 14.1 Å². The Hall–Kier alpha value is -1.76. The largest absolute Gasteiger partial charge is 0.483 e. The number of amides is 1. The van der Waals surface area contributed by atoms with E-state index in [1.807, 2.05) is 0 Å². The minimum absolute atomic E-state index is 0.00279. The third kappa shape index (κ3) is 4.60. The van der Waals surface area contributed by atoms with Crippen LogP contribution in [0, 0.1) is 0 Å². The van der Waals surface area contributed by atoms with E-state index in [4.69, 9.17) is 4.74 Å². The van der Waals surface area contributed by atoms with Crippen LogP contribution >= 0.6 is 0 Å². The summed E-state index contributed by atoms with van der Waals surface area (Å²) < 4.78 is 44.4. The average molecular weight is 330 g/mol. The molecule has 0 aromatic heterocycles. The van der Waals surface area contributed by atoms with Gasteiger partial charge >= 0.3 is 6.18 Å². The van der Waals surface area contributed by atoms with Crippen molar-refractivity contribution in [2.24, 2.45) is 0 Å². The van der Waals surface area contributed by atoms with Crippen molar-refractivity contribution in [2.75, 3.05) is 33.8 Å². The molecule has 0 bridgehead atoms. The fraction of sp³-hybridized carbons (Fsp3) is 0.562. The van der Waals surface area contributed by atoms with E-state index in [0.717, 1.165) is 38.1 Å². The van der Waals surface area contributed by atoms with Gasteiger partial charge in [-0.2, -0.15) is 13.2 Å². The molecule has 0 atom stereocenters. The fourth-order valence-corrected chi connectivity index (χ4v) is 2.58. The van der Waals surface area contributed by atoms with Gasteiger partial charge in [-0.25, -0.2) is 0 Å². The number of rotatable bonds is 4. The van der Waals surface area contributed by atoms with Gasteiger partial charge in [-0.1, -0.05) is 0 Å². The van der Waals surface area contributed by atoms with E-state index in [1.165, 1.54) is 11.0 Å². The number of piperidine rings is 1. The number of carbonyl (C=O) groups excluding carboxylic acids is 1. The Morgan fingerprint density at radius 3 is 2.52 bits per heavy atom. The molecule has 7 heteroatoms. The highest BCUT2D eigenvalue weighted by molar-refractivity contribution is 5.77. The Kier molecular flexibility index (Phi) is 5.51. The van der Waals surface area contributed by atoms with Crippen LogP contribution in [0.15, 0.2) is 18.2 Å². The summed E-state index contributed by atoms with van der Waals surface area (Å²) in [5, 5.41) is 3.19. The number of hydrogen-bond donors (Lipinski definition) is 1. The highest BCUT2D eigenvalue weighted by Gasteiger charge is 2.32. The molecule has 1 amide bonds. The smallest absolute Gasteiger partial charge is 0.416 e. The number of alkyl halides is 3. The second-order valence-electron chi connectivity index (χ2n) is 5.85. The molecule has 0 unspecified atom stereocenters. The molecule has 2 rings (SSSR count). The van der Waals surface area contributed by atoms with Gasteiger partial charge < -0.3 is 15.0 Å². The van der Waals surface area contributed by atoms with Crippen LogP contribution in [0.25, 0.3) is 0 Å². The maximum Gasteiger partial charge on any atom is 0.416 e. The Morgan fingerprint density at radius 1 is 1.30 bits per heavy atom. The summed E-state index contributed by atoms with van der Waals surface area (Å²) in [5.41, 5.74) is -0.148. The number of nitrogens with zero attached hydrogens (tertiary/aromatic N) is 1. The van der Waals surface area contributed by atoms with E-state index >= 15 is 0 Å². The molecule has 23 heavy (non-hydrogen) atoms. The van der Waals surface area contributed by atoms with Crippen molar-refractivity contribution < 1.29 is 22.7 Å². The molecule has 0 saturated carbocycles. The monoisotopic (exact) mass is 330 g/mol. The number of ether oxygens (including phenoxy) is 1. The molecule has 1 aliphatic heterocycles. The van der Waals surface area contributed by atoms with Crippen LogP contribution in [-0.4, -0.2) is 44.6 Å². The summed E-state index contributed by atoms with van der Waals surface area (Å²) in [4.78, 5) is 13.0. The molecule has 0 aliphatic carbocycles. The normalized spacial score (nSPS) is 16.2. The quantitative estimate of drug-likeness (QED) is 0.923. The first-order chi connectivity index (χ1) is 10.8. The molecule has 0 spiro atoms. The Bertz CT molecular complexity index is 553. The number of benzene rings is 1. The predicted octanol–water partition coefficient (Wildman–Crippen LogP) is 2.64. The van der Waals surface area contributed by atoms with Crippen LogP contribution in [0.4, 0.5) is 13.2 Å². The first-order valence-electron chi connectivity index (χ1n) is 7.54. The van der Waals surface area contributed by atoms with Gasteiger partial charge in [-0.3, -0.25) is 4.79 Å². The number of carbonyl (C=O) groups is 1. The van der Waals surface area contributed by atoms with Crippen LogP contribution in [0.5, 0.6) is 5.75 Å². The van der Waals surface area contributed by atoms with Gasteiger partial charge in [-0.15, -0.1) is 0 Å². The van der Waals surface area contributed by atoms with Crippen molar-refractivity contribution in [1.82, 2.24) is 10.2 Å². The zero-order valence-corrected chi connectivity index (χ0v) is 13.2. The lowest BCUT2D eigenvalue weighted by Gasteiger charge is -2.26. The van der Waals surface area contributed by atoms with Crippen molar-refractivity contribution in [2.45, 2.75) is 24.9 Å². The summed E-state index contributed by atoms with van der Waals surface area (Å²) in [6, 6.07) is 3.48. The van der Waals surface area contributed by atoms with Gasteiger partial charge in [0.1, 0.15) is 5.75 Å². The maximum absolute atomic E-state index is 13.0. The van der Waals surface area contributed by atoms with Crippen LogP contribution < -0.4 is 10.1 Å². The van der Waals surface area contributed by atoms with E-state index in [0.29, 0.717) is 11.3 Å². The summed E-state index contributed by atoms with van der Waals surface area (Å²) in [7, 11) is 3.21. The van der Waals surface area contributed by atoms with Gasteiger partial charge in [0, 0.05) is 14.1 Å². The van der Waals surface area contributed by atoms with Gasteiger partial charge in [-0.05, 0) is 55.6 Å². The summed E-state index contributed by atoms with van der Waals surface area (Å²) in [6.45, 7) is 1.34. The number of hydrogen-bond acceptors (Lipinski definition) is 3. The molecule has 1 N–H and O–H groups in total. The second-order valence-corrected chi connectivity index (χ2v) is 5.85. The Balaban J connectivity index is 2.26. The SMILES string of the molecule is CN(C)C(=O)COc1ccc(C(F)(F)F)cc1C1CCNCC1. The maximum atomic E-state index is 13.0. The van der Waals surface area contributed by atoms with Crippen molar-refractivity contribution in [1.29, 1.82) is 0 Å². The lowest BCUT2D eigenvalue weighted by atomic mass is 9.88. The van der Waals surface area contributed by atoms with Crippen molar-refractivity contribution in [3.63, 3.8) is 0 Å². The van der Waals surface area contributed by atoms with Gasteiger partial charge in [0.2, 0.25) is 0 Å². The zero-order valence-electron chi connectivity index (χ0n) is 13.2. The standard InChI is InChI=1S/C16H21F3N2O2/c1-21(2)15(22)10-23-14-4-3-12(16(17,18)19)9-13(14)11-5-7-20-8-6-11/h3-4,9,11,20H,5-8,10H2,1-2H3. The minimum atomic E-state index is -4.39. The first kappa shape index (κ1) is 17.6. The molecule has 4 nitrogen and oxygen atoms in total. The average Bonchev–Trinajstić information content (AvgIpc) is 2.52. The van der Waals surface area contributed by atoms with E-state index in [9.17, 15) is 18.0 Å². The molecule has 0 radical (unpaired) electrons. The van der Waals surface area contributed by atoms with Gasteiger partial charge in [0.15, 0.2) is 6.61 Å². The predicted molar refractivity (Wildman–Crippen MR) is 80.5 cm³/mol. The van der Waals surface area contributed by atoms with Crippen LogP contribution in [0.2, 0.25) is 0 Å². The third-order valence-electron chi connectivity index (χ3n) is 3.97. The molecule has 1 heterocycles. The van der Waals surface area contributed by atoms with E-state index < -0.39 is 11.7 Å². The van der Waals surface area contributed by atoms with Crippen molar-refractivity contribution in [3.8, 4) is 5.75 Å². The molecule has 1 saturated heterocycles. The van der Waals surface area contributed by atoms with Crippen LogP contribution in [0.3, 0.4) is 0 Å². The highest BCUT2D eigenvalue weighted by Crippen LogP contribution is 2.38. The molecule has 128 valence electrons. The number of nitrogens with one attached hydrogen (secondary N) is 1. The summed E-state index contributed by atoms with van der Waals surface area (Å²) >= 11 is 0. The minimum Gasteiger partial charge on any atom is -0.483 e. The molecular formula is C16H21F3N2O2. The van der Waals surface area contributed by atoms with Crippen molar-refractivity contribution >= 4 is 5.91 Å². The topological polar surface area (TPSA) is 41.6 Å². The Morgan fingerprint density at radius 2 is 1.96 bits per heavy atom. The van der Waals surface area contributed by atoms with Gasteiger partial charge in [0.25, 0.3) is 5.91 Å². The summed E-state index contributed by atoms with van der Waals surface area (Å²) in [6.07, 6.45) is -2.89. The molecule has 1 aliphatic rings. The second kappa shape index (κ2) is 7.21.